The highest BCUT2D eigenvalue weighted by atomic mass is 16.6. The minimum Gasteiger partial charge on any atom is -0.462 e. The van der Waals surface area contributed by atoms with Crippen LogP contribution in [0.1, 0.15) is 279 Å². The number of ether oxygens (including phenoxy) is 3. The quantitative estimate of drug-likeness (QED) is 0.0346. The predicted octanol–water partition coefficient (Wildman–Crippen LogP) is 16.4. The molecule has 0 aromatic carbocycles. The lowest BCUT2D eigenvalue weighted by Crippen LogP contribution is -2.30. The summed E-state index contributed by atoms with van der Waals surface area (Å²) in [6.07, 6.45) is 42.4. The molecule has 0 aromatic rings. The molecule has 0 amide bonds. The average Bonchev–Trinajstić information content (AvgIpc) is 3.19. The van der Waals surface area contributed by atoms with Crippen molar-refractivity contribution < 1.29 is 28.6 Å². The third-order valence-electron chi connectivity index (χ3n) is 12.0. The number of hydrogen-bond donors (Lipinski definition) is 0. The Kier molecular flexibility index (Phi) is 42.3. The van der Waals surface area contributed by atoms with E-state index in [-0.39, 0.29) is 31.1 Å². The van der Waals surface area contributed by atoms with Gasteiger partial charge in [0, 0.05) is 19.3 Å². The van der Waals surface area contributed by atoms with Gasteiger partial charge in [-0.2, -0.15) is 0 Å². The van der Waals surface area contributed by atoms with E-state index in [1.165, 1.54) is 161 Å². The molecule has 0 saturated heterocycles. The Morgan fingerprint density at radius 2 is 0.603 bits per heavy atom. The van der Waals surface area contributed by atoms with Gasteiger partial charge in [-0.15, -0.1) is 0 Å². The highest BCUT2D eigenvalue weighted by molar-refractivity contribution is 5.71. The Morgan fingerprint density at radius 1 is 0.345 bits per heavy atom. The van der Waals surface area contributed by atoms with Gasteiger partial charge in [0.2, 0.25) is 0 Å². The largest absolute Gasteiger partial charge is 0.462 e. The van der Waals surface area contributed by atoms with Gasteiger partial charge < -0.3 is 14.2 Å². The Hall–Kier alpha value is -1.59. The topological polar surface area (TPSA) is 78.9 Å². The summed E-state index contributed by atoms with van der Waals surface area (Å²) in [6.45, 7) is 13.7. The highest BCUT2D eigenvalue weighted by Crippen LogP contribution is 2.18. The van der Waals surface area contributed by atoms with Gasteiger partial charge in [-0.1, -0.05) is 241 Å². The summed E-state index contributed by atoms with van der Waals surface area (Å²) in [5, 5.41) is 0. The van der Waals surface area contributed by atoms with E-state index in [9.17, 15) is 14.4 Å². The van der Waals surface area contributed by atoms with Crippen LogP contribution in [0.4, 0.5) is 0 Å². The lowest BCUT2D eigenvalue weighted by atomic mass is 10.00. The van der Waals surface area contributed by atoms with E-state index >= 15 is 0 Å². The maximum absolute atomic E-state index is 12.7. The summed E-state index contributed by atoms with van der Waals surface area (Å²) in [6, 6.07) is 0. The Morgan fingerprint density at radius 3 is 0.897 bits per heavy atom. The SMILES string of the molecule is CCC(C)CCCCCCCCC(=O)O[C@H](COC(=O)CCCCCCCCCCCCCCCCC(C)C)COC(=O)CCCCCCCCCCCCC(C)C. The summed E-state index contributed by atoms with van der Waals surface area (Å²) in [7, 11) is 0. The summed E-state index contributed by atoms with van der Waals surface area (Å²) in [4.78, 5) is 37.9. The van der Waals surface area contributed by atoms with Gasteiger partial charge in [-0.3, -0.25) is 14.4 Å². The number of unbranched alkanes of at least 4 members (excludes halogenated alkanes) is 27. The van der Waals surface area contributed by atoms with Crippen LogP contribution in [0, 0.1) is 17.8 Å². The fraction of sp³-hybridized carbons (Fsp3) is 0.942. The van der Waals surface area contributed by atoms with Crippen molar-refractivity contribution >= 4 is 17.9 Å². The molecule has 0 rings (SSSR count). The normalized spacial score (nSPS) is 12.6. The maximum atomic E-state index is 12.7. The van der Waals surface area contributed by atoms with Gasteiger partial charge >= 0.3 is 17.9 Å². The molecule has 0 fully saturated rings. The molecule has 0 aromatic heterocycles. The Labute approximate surface area is 361 Å². The molecule has 1 unspecified atom stereocenters. The van der Waals surface area contributed by atoms with E-state index in [0.717, 1.165) is 75.5 Å². The zero-order valence-electron chi connectivity index (χ0n) is 39.8. The lowest BCUT2D eigenvalue weighted by molar-refractivity contribution is -0.167. The van der Waals surface area contributed by atoms with Crippen LogP contribution in [0.5, 0.6) is 0 Å². The molecule has 0 aliphatic heterocycles. The molecule has 0 N–H and O–H groups in total. The van der Waals surface area contributed by atoms with Crippen LogP contribution < -0.4 is 0 Å². The van der Waals surface area contributed by atoms with Gasteiger partial charge in [0.25, 0.3) is 0 Å². The first-order chi connectivity index (χ1) is 28.1. The van der Waals surface area contributed by atoms with Crippen molar-refractivity contribution in [3.63, 3.8) is 0 Å². The van der Waals surface area contributed by atoms with E-state index in [1.54, 1.807) is 0 Å². The number of carbonyl (C=O) groups excluding carboxylic acids is 3. The van der Waals surface area contributed by atoms with E-state index in [4.69, 9.17) is 14.2 Å². The molecule has 344 valence electrons. The minimum absolute atomic E-state index is 0.0656. The molecule has 0 bridgehead atoms. The van der Waals surface area contributed by atoms with E-state index in [0.29, 0.717) is 19.3 Å². The first kappa shape index (κ1) is 56.4. The van der Waals surface area contributed by atoms with Crippen molar-refractivity contribution in [2.24, 2.45) is 17.8 Å². The first-order valence-corrected chi connectivity index (χ1v) is 25.6. The monoisotopic (exact) mass is 821 g/mol. The smallest absolute Gasteiger partial charge is 0.306 e. The van der Waals surface area contributed by atoms with Crippen molar-refractivity contribution in [2.75, 3.05) is 13.2 Å². The molecular weight excluding hydrogens is 721 g/mol. The second kappa shape index (κ2) is 43.5. The standard InChI is InChI=1S/C52H100O6/c1-7-48(6)40-34-28-24-25-31-37-43-52(55)58-49(45-57-51(54)42-36-30-23-19-15-14-17-21-27-33-39-47(4)5)44-56-50(53)41-35-29-22-18-13-11-9-8-10-12-16-20-26-32-38-46(2)3/h46-49H,7-45H2,1-6H3/t48?,49-/m1/s1. The second-order valence-electron chi connectivity index (χ2n) is 19.0. The Bertz CT molecular complexity index is 900. The molecule has 0 aliphatic carbocycles. The third-order valence-corrected chi connectivity index (χ3v) is 12.0. The summed E-state index contributed by atoms with van der Waals surface area (Å²) in [5.74, 6) is 1.62. The van der Waals surface area contributed by atoms with Crippen LogP contribution in [-0.4, -0.2) is 37.2 Å². The van der Waals surface area contributed by atoms with Crippen molar-refractivity contribution in [3.8, 4) is 0 Å². The predicted molar refractivity (Wildman–Crippen MR) is 247 cm³/mol. The van der Waals surface area contributed by atoms with Gasteiger partial charge in [0.15, 0.2) is 6.10 Å². The fourth-order valence-corrected chi connectivity index (χ4v) is 7.73. The number of hydrogen-bond acceptors (Lipinski definition) is 6. The summed E-state index contributed by atoms with van der Waals surface area (Å²) in [5.41, 5.74) is 0. The van der Waals surface area contributed by atoms with Gasteiger partial charge in [-0.25, -0.2) is 0 Å². The van der Waals surface area contributed by atoms with Crippen molar-refractivity contribution in [1.29, 1.82) is 0 Å². The number of rotatable bonds is 45. The summed E-state index contributed by atoms with van der Waals surface area (Å²) < 4.78 is 16.8. The summed E-state index contributed by atoms with van der Waals surface area (Å²) >= 11 is 0. The minimum atomic E-state index is -0.763. The van der Waals surface area contributed by atoms with Crippen molar-refractivity contribution in [2.45, 2.75) is 285 Å². The molecule has 0 spiro atoms. The molecule has 0 radical (unpaired) electrons. The molecule has 0 saturated carbocycles. The molecule has 0 aliphatic rings. The average molecular weight is 821 g/mol. The molecule has 58 heavy (non-hydrogen) atoms. The molecule has 6 heteroatoms. The fourth-order valence-electron chi connectivity index (χ4n) is 7.73. The van der Waals surface area contributed by atoms with Crippen LogP contribution in [0.25, 0.3) is 0 Å². The van der Waals surface area contributed by atoms with Crippen molar-refractivity contribution in [3.05, 3.63) is 0 Å². The van der Waals surface area contributed by atoms with Gasteiger partial charge in [0.05, 0.1) is 0 Å². The maximum Gasteiger partial charge on any atom is 0.306 e. The second-order valence-corrected chi connectivity index (χ2v) is 19.0. The van der Waals surface area contributed by atoms with E-state index in [1.807, 2.05) is 0 Å². The van der Waals surface area contributed by atoms with Crippen LogP contribution in [0.3, 0.4) is 0 Å². The first-order valence-electron chi connectivity index (χ1n) is 25.6. The lowest BCUT2D eigenvalue weighted by Gasteiger charge is -2.18. The van der Waals surface area contributed by atoms with Crippen LogP contribution in [-0.2, 0) is 28.6 Å². The van der Waals surface area contributed by atoms with Crippen LogP contribution in [0.15, 0.2) is 0 Å². The number of esters is 3. The molecule has 6 nitrogen and oxygen atoms in total. The zero-order valence-corrected chi connectivity index (χ0v) is 39.8. The van der Waals surface area contributed by atoms with Crippen LogP contribution >= 0.6 is 0 Å². The highest BCUT2D eigenvalue weighted by Gasteiger charge is 2.19. The van der Waals surface area contributed by atoms with Crippen molar-refractivity contribution in [1.82, 2.24) is 0 Å². The van der Waals surface area contributed by atoms with Gasteiger partial charge in [-0.05, 0) is 37.0 Å². The molecule has 2 atom stereocenters. The molecular formula is C52H100O6. The Balaban J connectivity index is 4.27. The molecule has 0 heterocycles. The van der Waals surface area contributed by atoms with Crippen LogP contribution in [0.2, 0.25) is 0 Å². The number of carbonyl (C=O) groups is 3. The zero-order chi connectivity index (χ0) is 42.7. The van der Waals surface area contributed by atoms with E-state index in [2.05, 4.69) is 41.5 Å². The van der Waals surface area contributed by atoms with Gasteiger partial charge in [0.1, 0.15) is 13.2 Å². The third kappa shape index (κ3) is 44.0. The van der Waals surface area contributed by atoms with E-state index < -0.39 is 6.10 Å².